The molecule has 2 N–H and O–H groups in total. The predicted molar refractivity (Wildman–Crippen MR) is 79.3 cm³/mol. The topological polar surface area (TPSA) is 62.4 Å². The molecule has 1 aromatic carbocycles. The molecule has 0 aliphatic rings. The predicted octanol–water partition coefficient (Wildman–Crippen LogP) is 1.85. The summed E-state index contributed by atoms with van der Waals surface area (Å²) in [6, 6.07) is 9.05. The fourth-order valence-electron chi connectivity index (χ4n) is 1.93. The van der Waals surface area contributed by atoms with E-state index in [9.17, 15) is 9.90 Å². The Hall–Kier alpha value is -2.56. The molecule has 0 saturated heterocycles. The van der Waals surface area contributed by atoms with Gasteiger partial charge in [0.25, 0.3) is 5.91 Å². The number of hydrogen-bond acceptors (Lipinski definition) is 3. The lowest BCUT2D eigenvalue weighted by atomic mass is 10.2. The number of aromatic hydroxyl groups is 1. The number of aryl methyl sites for hydroxylation is 2. The van der Waals surface area contributed by atoms with Gasteiger partial charge in [-0.3, -0.25) is 4.79 Å². The Morgan fingerprint density at radius 2 is 2.00 bits per heavy atom. The van der Waals surface area contributed by atoms with E-state index in [0.29, 0.717) is 5.75 Å². The van der Waals surface area contributed by atoms with Crippen LogP contribution < -0.4 is 14.6 Å². The van der Waals surface area contributed by atoms with Gasteiger partial charge in [-0.1, -0.05) is 18.2 Å². The van der Waals surface area contributed by atoms with E-state index in [4.69, 9.17) is 4.74 Å². The molecule has 0 atom stereocenters. The molecule has 0 spiro atoms. The highest BCUT2D eigenvalue weighted by atomic mass is 16.5. The molecule has 0 radical (unpaired) electrons. The van der Waals surface area contributed by atoms with Gasteiger partial charge in [-0.25, -0.2) is 4.57 Å². The molecular formula is C16H19N2O3+. The quantitative estimate of drug-likeness (QED) is 0.844. The Morgan fingerprint density at radius 3 is 2.71 bits per heavy atom. The maximum absolute atomic E-state index is 11.9. The standard InChI is InChI=1S/C16H18N2O3/c1-11-6-4-5-7-13(11)17-15(20)10-21-16-12(2)18(3)9-8-14(16)19/h4-9H,10H2,1-3H3,(H,17,20)/p+1. The molecule has 5 heteroatoms. The number of carbonyl (C=O) groups excluding carboxylic acids is 1. The Balaban J connectivity index is 2.02. The Kier molecular flexibility index (Phi) is 4.42. The van der Waals surface area contributed by atoms with Crippen LogP contribution >= 0.6 is 0 Å². The van der Waals surface area contributed by atoms with Gasteiger partial charge in [0.15, 0.2) is 18.6 Å². The first-order valence-corrected chi connectivity index (χ1v) is 6.65. The molecule has 0 saturated carbocycles. The van der Waals surface area contributed by atoms with Gasteiger partial charge in [0.2, 0.25) is 11.4 Å². The van der Waals surface area contributed by atoms with Gasteiger partial charge >= 0.3 is 0 Å². The summed E-state index contributed by atoms with van der Waals surface area (Å²) in [5.41, 5.74) is 2.49. The summed E-state index contributed by atoms with van der Waals surface area (Å²) >= 11 is 0. The lowest BCUT2D eigenvalue weighted by Gasteiger charge is -2.10. The number of ether oxygens (including phenoxy) is 1. The van der Waals surface area contributed by atoms with E-state index in [1.807, 2.05) is 49.7 Å². The highest BCUT2D eigenvalue weighted by Crippen LogP contribution is 2.26. The minimum atomic E-state index is -0.269. The number of anilines is 1. The molecule has 1 heterocycles. The number of pyridine rings is 1. The van der Waals surface area contributed by atoms with E-state index in [2.05, 4.69) is 5.32 Å². The van der Waals surface area contributed by atoms with Crippen LogP contribution in [0.5, 0.6) is 11.5 Å². The average Bonchev–Trinajstić information content (AvgIpc) is 2.45. The highest BCUT2D eigenvalue weighted by molar-refractivity contribution is 5.92. The Morgan fingerprint density at radius 1 is 1.29 bits per heavy atom. The van der Waals surface area contributed by atoms with Crippen molar-refractivity contribution < 1.29 is 19.2 Å². The van der Waals surface area contributed by atoms with Crippen molar-refractivity contribution in [2.75, 3.05) is 11.9 Å². The van der Waals surface area contributed by atoms with Crippen molar-refractivity contribution in [1.82, 2.24) is 0 Å². The van der Waals surface area contributed by atoms with Crippen molar-refractivity contribution >= 4 is 11.6 Å². The number of para-hydroxylation sites is 1. The van der Waals surface area contributed by atoms with Crippen LogP contribution in [-0.2, 0) is 11.8 Å². The minimum absolute atomic E-state index is 0.0225. The fraction of sp³-hybridized carbons (Fsp3) is 0.250. The van der Waals surface area contributed by atoms with E-state index in [1.165, 1.54) is 6.07 Å². The third-order valence-corrected chi connectivity index (χ3v) is 3.31. The summed E-state index contributed by atoms with van der Waals surface area (Å²) in [5.74, 6) is 0.0730. The Labute approximate surface area is 123 Å². The van der Waals surface area contributed by atoms with Gasteiger partial charge in [-0.2, -0.15) is 0 Å². The van der Waals surface area contributed by atoms with Gasteiger partial charge in [0.1, 0.15) is 7.05 Å². The van der Waals surface area contributed by atoms with Crippen LogP contribution in [0.25, 0.3) is 0 Å². The molecule has 0 aliphatic heterocycles. The van der Waals surface area contributed by atoms with E-state index < -0.39 is 0 Å². The number of nitrogens with one attached hydrogen (secondary N) is 1. The molecule has 0 unspecified atom stereocenters. The molecule has 5 nitrogen and oxygen atoms in total. The maximum atomic E-state index is 11.9. The molecule has 110 valence electrons. The van der Waals surface area contributed by atoms with Gasteiger partial charge < -0.3 is 15.2 Å². The number of benzene rings is 1. The third kappa shape index (κ3) is 3.51. The summed E-state index contributed by atoms with van der Waals surface area (Å²) in [5, 5.41) is 12.6. The molecule has 1 amide bonds. The first kappa shape index (κ1) is 14.8. The highest BCUT2D eigenvalue weighted by Gasteiger charge is 2.16. The van der Waals surface area contributed by atoms with Gasteiger partial charge in [-0.05, 0) is 18.6 Å². The first-order valence-electron chi connectivity index (χ1n) is 6.65. The van der Waals surface area contributed by atoms with Crippen LogP contribution in [0, 0.1) is 13.8 Å². The van der Waals surface area contributed by atoms with E-state index in [-0.39, 0.29) is 18.3 Å². The van der Waals surface area contributed by atoms with E-state index in [1.54, 1.807) is 6.20 Å². The molecule has 2 rings (SSSR count). The fourth-order valence-corrected chi connectivity index (χ4v) is 1.93. The number of carbonyl (C=O) groups is 1. The van der Waals surface area contributed by atoms with Crippen LogP contribution in [0.15, 0.2) is 36.5 Å². The summed E-state index contributed by atoms with van der Waals surface area (Å²) in [6.45, 7) is 3.57. The molecule has 2 aromatic rings. The van der Waals surface area contributed by atoms with Crippen LogP contribution in [0.3, 0.4) is 0 Å². The maximum Gasteiger partial charge on any atom is 0.262 e. The van der Waals surface area contributed by atoms with Crippen molar-refractivity contribution in [1.29, 1.82) is 0 Å². The van der Waals surface area contributed by atoms with Crippen molar-refractivity contribution in [3.8, 4) is 11.5 Å². The van der Waals surface area contributed by atoms with Gasteiger partial charge in [-0.15, -0.1) is 0 Å². The van der Waals surface area contributed by atoms with Crippen LogP contribution in [-0.4, -0.2) is 17.6 Å². The van der Waals surface area contributed by atoms with Crippen LogP contribution in [0.1, 0.15) is 11.3 Å². The number of hydrogen-bond donors (Lipinski definition) is 2. The van der Waals surface area contributed by atoms with E-state index in [0.717, 1.165) is 16.9 Å². The minimum Gasteiger partial charge on any atom is -0.504 e. The lowest BCUT2D eigenvalue weighted by molar-refractivity contribution is -0.678. The average molecular weight is 287 g/mol. The van der Waals surface area contributed by atoms with Gasteiger partial charge in [0, 0.05) is 18.7 Å². The van der Waals surface area contributed by atoms with Crippen molar-refractivity contribution in [3.63, 3.8) is 0 Å². The molecule has 1 aromatic heterocycles. The zero-order chi connectivity index (χ0) is 15.4. The van der Waals surface area contributed by atoms with Crippen molar-refractivity contribution in [3.05, 3.63) is 47.8 Å². The SMILES string of the molecule is Cc1ccccc1NC(=O)COc1c(O)cc[n+](C)c1C. The van der Waals surface area contributed by atoms with Crippen LogP contribution in [0.2, 0.25) is 0 Å². The monoisotopic (exact) mass is 287 g/mol. The van der Waals surface area contributed by atoms with Gasteiger partial charge in [0.05, 0.1) is 0 Å². The van der Waals surface area contributed by atoms with Crippen molar-refractivity contribution in [2.24, 2.45) is 7.05 Å². The van der Waals surface area contributed by atoms with Crippen molar-refractivity contribution in [2.45, 2.75) is 13.8 Å². The molecular weight excluding hydrogens is 268 g/mol. The van der Waals surface area contributed by atoms with Crippen LogP contribution in [0.4, 0.5) is 5.69 Å². The number of aromatic nitrogens is 1. The summed E-state index contributed by atoms with van der Waals surface area (Å²) in [4.78, 5) is 11.9. The summed E-state index contributed by atoms with van der Waals surface area (Å²) in [7, 11) is 1.84. The number of amides is 1. The summed E-state index contributed by atoms with van der Waals surface area (Å²) < 4.78 is 7.25. The lowest BCUT2D eigenvalue weighted by Crippen LogP contribution is -2.32. The largest absolute Gasteiger partial charge is 0.504 e. The third-order valence-electron chi connectivity index (χ3n) is 3.31. The zero-order valence-corrected chi connectivity index (χ0v) is 12.4. The first-order chi connectivity index (χ1) is 9.99. The second-order valence-corrected chi connectivity index (χ2v) is 4.88. The Bertz CT molecular complexity index is 669. The summed E-state index contributed by atoms with van der Waals surface area (Å²) in [6.07, 6.45) is 1.73. The smallest absolute Gasteiger partial charge is 0.262 e. The number of rotatable bonds is 4. The zero-order valence-electron chi connectivity index (χ0n) is 12.4. The normalized spacial score (nSPS) is 10.2. The molecule has 21 heavy (non-hydrogen) atoms. The second-order valence-electron chi connectivity index (χ2n) is 4.88. The second kappa shape index (κ2) is 6.26. The number of nitrogens with zero attached hydrogens (tertiary/aromatic N) is 1. The molecule has 0 fully saturated rings. The molecule has 0 aliphatic carbocycles. The molecule has 0 bridgehead atoms. The van der Waals surface area contributed by atoms with E-state index >= 15 is 0 Å².